The third kappa shape index (κ3) is 2.62. The summed E-state index contributed by atoms with van der Waals surface area (Å²) in [7, 11) is 0. The molecule has 1 N–H and O–H groups in total. The van der Waals surface area contributed by atoms with Gasteiger partial charge >= 0.3 is 6.18 Å². The minimum Gasteiger partial charge on any atom is -0.396 e. The number of alkyl halides is 3. The summed E-state index contributed by atoms with van der Waals surface area (Å²) in [5, 5.41) is 11.9. The Kier molecular flexibility index (Phi) is 3.70. The molecule has 1 aromatic heterocycles. The number of nitrogens with zero attached hydrogens (tertiary/aromatic N) is 4. The van der Waals surface area contributed by atoms with Crippen molar-refractivity contribution in [2.24, 2.45) is 5.11 Å². The minimum absolute atomic E-state index is 0.477. The largest absolute Gasteiger partial charge is 0.418 e. The van der Waals surface area contributed by atoms with E-state index < -0.39 is 30.1 Å². The molecule has 1 aromatic rings. The predicted octanol–water partition coefficient (Wildman–Crippen LogP) is 2.44. The van der Waals surface area contributed by atoms with Crippen molar-refractivity contribution in [3.05, 3.63) is 40.0 Å². The second kappa shape index (κ2) is 4.82. The molecule has 0 fully saturated rings. The molecule has 0 aliphatic carbocycles. The molecule has 0 saturated heterocycles. The number of rotatable bonds is 3. The Hall–Kier alpha value is -1.79. The number of azide groups is 1. The van der Waals surface area contributed by atoms with Crippen LogP contribution in [0.4, 0.5) is 13.2 Å². The summed E-state index contributed by atoms with van der Waals surface area (Å²) < 4.78 is 37.6. The Morgan fingerprint density at radius 1 is 1.56 bits per heavy atom. The van der Waals surface area contributed by atoms with E-state index in [0.29, 0.717) is 0 Å². The molecule has 0 aliphatic heterocycles. The normalized spacial score (nSPS) is 13.0. The molecule has 0 spiro atoms. The molecule has 8 heteroatoms. The molecule has 0 amide bonds. The second-order valence-electron chi connectivity index (χ2n) is 2.84. The van der Waals surface area contributed by atoms with Crippen molar-refractivity contribution in [1.82, 2.24) is 4.98 Å². The van der Waals surface area contributed by atoms with E-state index in [1.54, 1.807) is 0 Å². The molecule has 16 heavy (non-hydrogen) atoms. The summed E-state index contributed by atoms with van der Waals surface area (Å²) in [6.45, 7) is -0.732. The SMILES string of the molecule is [N-]=[N+]=NC(CO)c1ncccc1C(F)(F)F. The van der Waals surface area contributed by atoms with E-state index in [1.807, 2.05) is 0 Å². The highest BCUT2D eigenvalue weighted by atomic mass is 19.4. The Morgan fingerprint density at radius 3 is 2.75 bits per heavy atom. The van der Waals surface area contributed by atoms with Crippen LogP contribution in [-0.2, 0) is 6.18 Å². The van der Waals surface area contributed by atoms with Gasteiger partial charge in [-0.1, -0.05) is 5.11 Å². The molecule has 0 bridgehead atoms. The number of halogens is 3. The van der Waals surface area contributed by atoms with Gasteiger partial charge in [-0.05, 0) is 17.7 Å². The van der Waals surface area contributed by atoms with Gasteiger partial charge in [0, 0.05) is 11.1 Å². The van der Waals surface area contributed by atoms with E-state index in [2.05, 4.69) is 15.0 Å². The summed E-state index contributed by atoms with van der Waals surface area (Å²) in [4.78, 5) is 5.85. The summed E-state index contributed by atoms with van der Waals surface area (Å²) in [5.41, 5.74) is 6.67. The zero-order valence-corrected chi connectivity index (χ0v) is 7.89. The van der Waals surface area contributed by atoms with E-state index in [9.17, 15) is 13.2 Å². The lowest BCUT2D eigenvalue weighted by Gasteiger charge is -2.14. The Balaban J connectivity index is 3.27. The Morgan fingerprint density at radius 2 is 2.25 bits per heavy atom. The van der Waals surface area contributed by atoms with E-state index >= 15 is 0 Å². The van der Waals surface area contributed by atoms with Gasteiger partial charge in [-0.15, -0.1) is 0 Å². The Labute approximate surface area is 88.2 Å². The predicted molar refractivity (Wildman–Crippen MR) is 48.2 cm³/mol. The van der Waals surface area contributed by atoms with Crippen LogP contribution in [0.1, 0.15) is 17.3 Å². The van der Waals surface area contributed by atoms with Gasteiger partial charge in [0.25, 0.3) is 0 Å². The molecule has 1 atom stereocenters. The van der Waals surface area contributed by atoms with E-state index in [1.165, 1.54) is 0 Å². The average Bonchev–Trinajstić information content (AvgIpc) is 2.25. The highest BCUT2D eigenvalue weighted by molar-refractivity contribution is 5.26. The molecule has 0 aromatic carbocycles. The Bertz CT molecular complexity index is 414. The van der Waals surface area contributed by atoms with Gasteiger partial charge in [0.15, 0.2) is 0 Å². The molecule has 1 unspecified atom stereocenters. The van der Waals surface area contributed by atoms with Gasteiger partial charge in [0.2, 0.25) is 0 Å². The molecule has 5 nitrogen and oxygen atoms in total. The molecule has 0 radical (unpaired) electrons. The first kappa shape index (κ1) is 12.3. The minimum atomic E-state index is -4.60. The summed E-state index contributed by atoms with van der Waals surface area (Å²) >= 11 is 0. The maximum absolute atomic E-state index is 12.5. The van der Waals surface area contributed by atoms with Crippen molar-refractivity contribution in [1.29, 1.82) is 0 Å². The molecule has 0 saturated carbocycles. The number of aromatic nitrogens is 1. The van der Waals surface area contributed by atoms with Crippen LogP contribution in [0.15, 0.2) is 23.4 Å². The first-order valence-corrected chi connectivity index (χ1v) is 4.18. The standard InChI is InChI=1S/C8H7F3N4O/c9-8(10,11)5-2-1-3-13-7(5)6(4-16)14-15-12/h1-3,6,16H,4H2. The van der Waals surface area contributed by atoms with Crippen LogP contribution in [0.5, 0.6) is 0 Å². The van der Waals surface area contributed by atoms with Gasteiger partial charge in [-0.2, -0.15) is 13.2 Å². The second-order valence-corrected chi connectivity index (χ2v) is 2.84. The van der Waals surface area contributed by atoms with Gasteiger partial charge in [-0.3, -0.25) is 4.98 Å². The third-order valence-corrected chi connectivity index (χ3v) is 1.82. The zero-order chi connectivity index (χ0) is 12.2. The summed E-state index contributed by atoms with van der Waals surface area (Å²) in [5.74, 6) is 0. The maximum Gasteiger partial charge on any atom is 0.418 e. The van der Waals surface area contributed by atoms with Crippen LogP contribution in [0, 0.1) is 0 Å². The average molecular weight is 232 g/mol. The van der Waals surface area contributed by atoms with Crippen LogP contribution in [-0.4, -0.2) is 16.7 Å². The van der Waals surface area contributed by atoms with Crippen molar-refractivity contribution in [3.8, 4) is 0 Å². The maximum atomic E-state index is 12.5. The lowest BCUT2D eigenvalue weighted by molar-refractivity contribution is -0.138. The van der Waals surface area contributed by atoms with Crippen molar-refractivity contribution in [3.63, 3.8) is 0 Å². The van der Waals surface area contributed by atoms with Gasteiger partial charge < -0.3 is 5.11 Å². The molecule has 1 rings (SSSR count). The van der Waals surface area contributed by atoms with Crippen molar-refractivity contribution in [2.75, 3.05) is 6.61 Å². The lowest BCUT2D eigenvalue weighted by Crippen LogP contribution is -2.14. The van der Waals surface area contributed by atoms with Crippen LogP contribution >= 0.6 is 0 Å². The van der Waals surface area contributed by atoms with Crippen molar-refractivity contribution < 1.29 is 18.3 Å². The number of pyridine rings is 1. The molecule has 1 heterocycles. The first-order chi connectivity index (χ1) is 7.50. The fraction of sp³-hybridized carbons (Fsp3) is 0.375. The third-order valence-electron chi connectivity index (χ3n) is 1.82. The fourth-order valence-electron chi connectivity index (χ4n) is 1.16. The van der Waals surface area contributed by atoms with Crippen molar-refractivity contribution in [2.45, 2.75) is 12.2 Å². The topological polar surface area (TPSA) is 81.9 Å². The zero-order valence-electron chi connectivity index (χ0n) is 7.89. The first-order valence-electron chi connectivity index (χ1n) is 4.18. The fourth-order valence-corrected chi connectivity index (χ4v) is 1.16. The van der Waals surface area contributed by atoms with Crippen LogP contribution in [0.2, 0.25) is 0 Å². The van der Waals surface area contributed by atoms with Crippen LogP contribution < -0.4 is 0 Å². The van der Waals surface area contributed by atoms with Gasteiger partial charge in [0.05, 0.1) is 17.9 Å². The lowest BCUT2D eigenvalue weighted by atomic mass is 10.1. The van der Waals surface area contributed by atoms with Crippen molar-refractivity contribution >= 4 is 0 Å². The summed E-state index contributed by atoms with van der Waals surface area (Å²) in [6.07, 6.45) is -3.46. The van der Waals surface area contributed by atoms with Crippen LogP contribution in [0.25, 0.3) is 10.4 Å². The number of hydrogen-bond donors (Lipinski definition) is 1. The van der Waals surface area contributed by atoms with E-state index in [-0.39, 0.29) is 0 Å². The van der Waals surface area contributed by atoms with E-state index in [0.717, 1.165) is 18.3 Å². The number of hydrogen-bond acceptors (Lipinski definition) is 3. The van der Waals surface area contributed by atoms with Gasteiger partial charge in [0.1, 0.15) is 6.04 Å². The molecule has 86 valence electrons. The molecular weight excluding hydrogens is 225 g/mol. The monoisotopic (exact) mass is 232 g/mol. The highest BCUT2D eigenvalue weighted by Crippen LogP contribution is 2.34. The smallest absolute Gasteiger partial charge is 0.396 e. The number of aliphatic hydroxyl groups excluding tert-OH is 1. The highest BCUT2D eigenvalue weighted by Gasteiger charge is 2.35. The quantitative estimate of drug-likeness (QED) is 0.493. The van der Waals surface area contributed by atoms with E-state index in [4.69, 9.17) is 10.6 Å². The molecular formula is C8H7F3N4O. The van der Waals surface area contributed by atoms with Crippen LogP contribution in [0.3, 0.4) is 0 Å². The molecule has 0 aliphatic rings. The summed E-state index contributed by atoms with van der Waals surface area (Å²) in [6, 6.07) is 0.609. The number of aliphatic hydroxyl groups is 1. The van der Waals surface area contributed by atoms with Gasteiger partial charge in [-0.25, -0.2) is 0 Å².